The molecule has 0 unspecified atom stereocenters. The highest BCUT2D eigenvalue weighted by Crippen LogP contribution is 2.35. The normalized spacial score (nSPS) is 13.7. The molecule has 1 rings (SSSR count). The zero-order valence-electron chi connectivity index (χ0n) is 11.6. The van der Waals surface area contributed by atoms with Crippen LogP contribution in [0.2, 0.25) is 5.02 Å². The first-order valence-electron chi connectivity index (χ1n) is 5.94. The summed E-state index contributed by atoms with van der Waals surface area (Å²) in [7, 11) is 0. The highest BCUT2D eigenvalue weighted by Gasteiger charge is 2.39. The summed E-state index contributed by atoms with van der Waals surface area (Å²) in [6.07, 6.45) is -8.33. The second-order valence-electron chi connectivity index (χ2n) is 5.31. The Balaban J connectivity index is 2.96. The number of rotatable bonds is 2. The SMILES string of the molecule is CC(C)(C)OC(=O)Nc1cc([C@@H](O)C(F)(F)F)ccc1Cl. The first-order valence-corrected chi connectivity index (χ1v) is 6.32. The van der Waals surface area contributed by atoms with Crippen molar-refractivity contribution >= 4 is 23.4 Å². The Bertz CT molecular complexity index is 526. The van der Waals surface area contributed by atoms with Gasteiger partial charge in [-0.1, -0.05) is 17.7 Å². The van der Waals surface area contributed by atoms with E-state index in [2.05, 4.69) is 5.32 Å². The minimum absolute atomic E-state index is 0.0268. The van der Waals surface area contributed by atoms with E-state index in [-0.39, 0.29) is 10.7 Å². The number of anilines is 1. The summed E-state index contributed by atoms with van der Waals surface area (Å²) < 4.78 is 42.3. The highest BCUT2D eigenvalue weighted by atomic mass is 35.5. The van der Waals surface area contributed by atoms with Gasteiger partial charge in [-0.2, -0.15) is 13.2 Å². The number of carbonyl (C=O) groups excluding carboxylic acids is 1. The molecular weight excluding hydrogens is 311 g/mol. The summed E-state index contributed by atoms with van der Waals surface area (Å²) in [4.78, 5) is 11.6. The number of aliphatic hydroxyl groups excluding tert-OH is 1. The van der Waals surface area contributed by atoms with Gasteiger partial charge in [-0.15, -0.1) is 0 Å². The number of halogens is 4. The van der Waals surface area contributed by atoms with Crippen LogP contribution in [-0.4, -0.2) is 23.0 Å². The Morgan fingerprint density at radius 3 is 2.38 bits per heavy atom. The van der Waals surface area contributed by atoms with E-state index in [4.69, 9.17) is 16.3 Å². The van der Waals surface area contributed by atoms with Gasteiger partial charge in [0.15, 0.2) is 6.10 Å². The van der Waals surface area contributed by atoms with Gasteiger partial charge in [-0.3, -0.25) is 5.32 Å². The molecule has 2 N–H and O–H groups in total. The molecule has 0 saturated heterocycles. The number of carbonyl (C=O) groups is 1. The minimum atomic E-state index is -4.81. The number of alkyl halides is 3. The number of ether oxygens (including phenoxy) is 1. The average Bonchev–Trinajstić information content (AvgIpc) is 2.27. The lowest BCUT2D eigenvalue weighted by molar-refractivity contribution is -0.206. The third-order valence-corrected chi connectivity index (χ3v) is 2.58. The van der Waals surface area contributed by atoms with Crippen LogP contribution in [0.25, 0.3) is 0 Å². The van der Waals surface area contributed by atoms with E-state index < -0.39 is 29.5 Å². The number of aliphatic hydroxyl groups is 1. The maximum Gasteiger partial charge on any atom is 0.418 e. The first-order chi connectivity index (χ1) is 9.40. The minimum Gasteiger partial charge on any atom is -0.444 e. The molecule has 0 aromatic heterocycles. The highest BCUT2D eigenvalue weighted by molar-refractivity contribution is 6.33. The Labute approximate surface area is 124 Å². The molecule has 0 bridgehead atoms. The Morgan fingerprint density at radius 2 is 1.90 bits per heavy atom. The summed E-state index contributed by atoms with van der Waals surface area (Å²) in [6, 6.07) is 3.13. The van der Waals surface area contributed by atoms with E-state index in [1.54, 1.807) is 20.8 Å². The second kappa shape index (κ2) is 6.11. The molecule has 0 radical (unpaired) electrons. The van der Waals surface area contributed by atoms with Gasteiger partial charge in [0, 0.05) is 0 Å². The van der Waals surface area contributed by atoms with E-state index in [1.165, 1.54) is 0 Å². The van der Waals surface area contributed by atoms with Crippen LogP contribution >= 0.6 is 11.6 Å². The van der Waals surface area contributed by atoms with Gasteiger partial charge in [0.25, 0.3) is 0 Å². The van der Waals surface area contributed by atoms with Crippen LogP contribution in [-0.2, 0) is 4.74 Å². The third-order valence-electron chi connectivity index (χ3n) is 2.25. The molecule has 0 aliphatic carbocycles. The van der Waals surface area contributed by atoms with Crippen LogP contribution in [0.15, 0.2) is 18.2 Å². The molecule has 1 amide bonds. The van der Waals surface area contributed by atoms with Crippen LogP contribution in [0.4, 0.5) is 23.7 Å². The smallest absolute Gasteiger partial charge is 0.418 e. The Morgan fingerprint density at radius 1 is 1.33 bits per heavy atom. The molecule has 1 aromatic carbocycles. The number of amides is 1. The number of hydrogen-bond acceptors (Lipinski definition) is 3. The van der Waals surface area contributed by atoms with Crippen LogP contribution in [0.1, 0.15) is 32.4 Å². The van der Waals surface area contributed by atoms with Gasteiger partial charge >= 0.3 is 12.3 Å². The fourth-order valence-electron chi connectivity index (χ4n) is 1.41. The monoisotopic (exact) mass is 325 g/mol. The van der Waals surface area contributed by atoms with E-state index in [1.807, 2.05) is 0 Å². The third kappa shape index (κ3) is 5.43. The van der Waals surface area contributed by atoms with Gasteiger partial charge in [0.1, 0.15) is 5.60 Å². The largest absolute Gasteiger partial charge is 0.444 e. The van der Waals surface area contributed by atoms with Crippen molar-refractivity contribution in [3.8, 4) is 0 Å². The predicted molar refractivity (Wildman–Crippen MR) is 72.3 cm³/mol. The van der Waals surface area contributed by atoms with Gasteiger partial charge in [-0.25, -0.2) is 4.79 Å². The summed E-state index contributed by atoms with van der Waals surface area (Å²) in [5.41, 5.74) is -1.27. The van der Waals surface area contributed by atoms with E-state index in [9.17, 15) is 23.1 Å². The zero-order chi connectivity index (χ0) is 16.4. The second-order valence-corrected chi connectivity index (χ2v) is 5.72. The van der Waals surface area contributed by atoms with Crippen molar-refractivity contribution < 1.29 is 27.8 Å². The van der Waals surface area contributed by atoms with Crippen molar-refractivity contribution in [1.29, 1.82) is 0 Å². The molecule has 21 heavy (non-hydrogen) atoms. The van der Waals surface area contributed by atoms with Crippen molar-refractivity contribution in [3.05, 3.63) is 28.8 Å². The summed E-state index contributed by atoms with van der Waals surface area (Å²) in [5.74, 6) is 0. The molecule has 0 saturated carbocycles. The fourth-order valence-corrected chi connectivity index (χ4v) is 1.58. The summed E-state index contributed by atoms with van der Waals surface area (Å²) in [6.45, 7) is 4.91. The molecule has 4 nitrogen and oxygen atoms in total. The van der Waals surface area contributed by atoms with Crippen molar-refractivity contribution in [1.82, 2.24) is 0 Å². The zero-order valence-corrected chi connectivity index (χ0v) is 12.3. The Hall–Kier alpha value is -1.47. The van der Waals surface area contributed by atoms with Gasteiger partial charge in [0.05, 0.1) is 10.7 Å². The molecule has 8 heteroatoms. The van der Waals surface area contributed by atoms with Crippen molar-refractivity contribution in [2.45, 2.75) is 38.7 Å². The number of benzene rings is 1. The molecule has 0 spiro atoms. The van der Waals surface area contributed by atoms with E-state index >= 15 is 0 Å². The van der Waals surface area contributed by atoms with Crippen molar-refractivity contribution in [3.63, 3.8) is 0 Å². The first kappa shape index (κ1) is 17.6. The van der Waals surface area contributed by atoms with E-state index in [0.717, 1.165) is 18.2 Å². The maximum absolute atomic E-state index is 12.5. The molecule has 1 atom stereocenters. The fraction of sp³-hybridized carbons (Fsp3) is 0.462. The lowest BCUT2D eigenvalue weighted by Gasteiger charge is -2.20. The standard InChI is InChI=1S/C13H15ClF3NO3/c1-12(2,3)21-11(20)18-9-6-7(4-5-8(9)14)10(19)13(15,16)17/h4-6,10,19H,1-3H3,(H,18,20)/t10-/m1/s1. The lowest BCUT2D eigenvalue weighted by atomic mass is 10.1. The molecule has 1 aromatic rings. The van der Waals surface area contributed by atoms with Crippen molar-refractivity contribution in [2.75, 3.05) is 5.32 Å². The van der Waals surface area contributed by atoms with Gasteiger partial charge in [-0.05, 0) is 38.5 Å². The van der Waals surface area contributed by atoms with Gasteiger partial charge < -0.3 is 9.84 Å². The molecule has 0 aliphatic rings. The summed E-state index contributed by atoms with van der Waals surface area (Å²) in [5, 5.41) is 11.4. The number of nitrogens with one attached hydrogen (secondary N) is 1. The predicted octanol–water partition coefficient (Wildman–Crippen LogP) is 4.28. The average molecular weight is 326 g/mol. The molecule has 0 aliphatic heterocycles. The van der Waals surface area contributed by atoms with E-state index in [0.29, 0.717) is 0 Å². The van der Waals surface area contributed by atoms with Crippen LogP contribution in [0.3, 0.4) is 0 Å². The van der Waals surface area contributed by atoms with Crippen LogP contribution < -0.4 is 5.32 Å². The topological polar surface area (TPSA) is 58.6 Å². The molecule has 118 valence electrons. The van der Waals surface area contributed by atoms with Crippen LogP contribution in [0.5, 0.6) is 0 Å². The number of hydrogen-bond donors (Lipinski definition) is 2. The summed E-state index contributed by atoms with van der Waals surface area (Å²) >= 11 is 5.80. The Kier molecular flexibility index (Phi) is 5.11. The van der Waals surface area contributed by atoms with Gasteiger partial charge in [0.2, 0.25) is 0 Å². The lowest BCUT2D eigenvalue weighted by Crippen LogP contribution is -2.27. The molecular formula is C13H15ClF3NO3. The quantitative estimate of drug-likeness (QED) is 0.853. The van der Waals surface area contributed by atoms with Crippen LogP contribution in [0, 0.1) is 0 Å². The van der Waals surface area contributed by atoms with Crippen molar-refractivity contribution in [2.24, 2.45) is 0 Å². The molecule has 0 fully saturated rings. The maximum atomic E-state index is 12.5. The molecule has 0 heterocycles.